The van der Waals surface area contributed by atoms with Crippen LogP contribution in [-0.2, 0) is 4.79 Å². The molecule has 18 heavy (non-hydrogen) atoms. The fourth-order valence-electron chi connectivity index (χ4n) is 2.75. The molecule has 0 spiro atoms. The lowest BCUT2D eigenvalue weighted by molar-refractivity contribution is -0.142. The summed E-state index contributed by atoms with van der Waals surface area (Å²) >= 11 is 0. The third-order valence-corrected chi connectivity index (χ3v) is 3.89. The van der Waals surface area contributed by atoms with Crippen LogP contribution in [0.1, 0.15) is 32.1 Å². The summed E-state index contributed by atoms with van der Waals surface area (Å²) in [6.07, 6.45) is 3.10. The first-order valence-corrected chi connectivity index (χ1v) is 6.54. The van der Waals surface area contributed by atoms with Crippen LogP contribution in [0.25, 0.3) is 0 Å². The number of amides is 2. The molecule has 0 aromatic rings. The summed E-state index contributed by atoms with van der Waals surface area (Å²) in [5.74, 6) is -1.28. The lowest BCUT2D eigenvalue weighted by Crippen LogP contribution is -2.50. The Morgan fingerprint density at radius 3 is 2.39 bits per heavy atom. The Morgan fingerprint density at radius 2 is 1.78 bits per heavy atom. The van der Waals surface area contributed by atoms with Gasteiger partial charge in [-0.25, -0.2) is 4.79 Å². The molecule has 2 fully saturated rings. The van der Waals surface area contributed by atoms with Crippen molar-refractivity contribution in [3.63, 3.8) is 0 Å². The summed E-state index contributed by atoms with van der Waals surface area (Å²) in [6, 6.07) is -0.443. The maximum Gasteiger partial charge on any atom is 0.317 e. The maximum atomic E-state index is 12.0. The van der Waals surface area contributed by atoms with E-state index in [1.54, 1.807) is 4.90 Å². The number of nitrogens with one attached hydrogen (secondary N) is 1. The van der Waals surface area contributed by atoms with Crippen LogP contribution in [-0.4, -0.2) is 52.3 Å². The van der Waals surface area contributed by atoms with Crippen molar-refractivity contribution in [1.29, 1.82) is 0 Å². The molecule has 1 aliphatic carbocycles. The smallest absolute Gasteiger partial charge is 0.317 e. The van der Waals surface area contributed by atoms with Crippen LogP contribution in [0.5, 0.6) is 0 Å². The van der Waals surface area contributed by atoms with E-state index in [4.69, 9.17) is 5.11 Å². The number of carboxylic acid groups (broad SMARTS) is 1. The number of nitrogens with zero attached hydrogens (tertiary/aromatic N) is 1. The van der Waals surface area contributed by atoms with Crippen LogP contribution in [0.3, 0.4) is 0 Å². The zero-order valence-electron chi connectivity index (χ0n) is 10.3. The van der Waals surface area contributed by atoms with E-state index in [0.29, 0.717) is 32.4 Å². The molecule has 2 aliphatic rings. The van der Waals surface area contributed by atoms with Gasteiger partial charge in [-0.2, -0.15) is 0 Å². The minimum Gasteiger partial charge on any atom is -0.481 e. The van der Waals surface area contributed by atoms with E-state index in [-0.39, 0.29) is 18.2 Å². The molecule has 102 valence electrons. The number of rotatable bonds is 2. The van der Waals surface area contributed by atoms with Crippen molar-refractivity contribution in [2.24, 2.45) is 5.92 Å². The Morgan fingerprint density at radius 1 is 1.11 bits per heavy atom. The standard InChI is InChI=1S/C12H20N2O4/c15-8-4-6-14(7-5-8)12(18)13-10-3-1-2-9(10)11(16)17/h8-10,15H,1-7H2,(H,13,18)(H,16,17). The lowest BCUT2D eigenvalue weighted by atomic mass is 10.0. The van der Waals surface area contributed by atoms with Gasteiger partial charge in [0, 0.05) is 19.1 Å². The molecule has 0 bridgehead atoms. The SMILES string of the molecule is O=C(O)C1CCCC1NC(=O)N1CCC(O)CC1. The van der Waals surface area contributed by atoms with Crippen molar-refractivity contribution in [3.8, 4) is 0 Å². The number of carbonyl (C=O) groups is 2. The molecule has 6 heteroatoms. The molecule has 0 aromatic heterocycles. The van der Waals surface area contributed by atoms with Crippen molar-refractivity contribution in [1.82, 2.24) is 10.2 Å². The van der Waals surface area contributed by atoms with E-state index in [2.05, 4.69) is 5.32 Å². The zero-order chi connectivity index (χ0) is 13.1. The quantitative estimate of drug-likeness (QED) is 0.667. The Kier molecular flexibility index (Phi) is 4.06. The van der Waals surface area contributed by atoms with E-state index < -0.39 is 11.9 Å². The number of aliphatic hydroxyl groups is 1. The number of hydrogen-bond donors (Lipinski definition) is 3. The first-order chi connectivity index (χ1) is 8.58. The summed E-state index contributed by atoms with van der Waals surface area (Å²) in [5.41, 5.74) is 0. The Balaban J connectivity index is 1.85. The van der Waals surface area contributed by atoms with Gasteiger partial charge in [0.05, 0.1) is 12.0 Å². The van der Waals surface area contributed by atoms with Gasteiger partial charge in [0.15, 0.2) is 0 Å². The number of aliphatic carboxylic acids is 1. The molecule has 1 heterocycles. The van der Waals surface area contributed by atoms with Crippen molar-refractivity contribution in [2.75, 3.05) is 13.1 Å². The van der Waals surface area contributed by atoms with Crippen molar-refractivity contribution >= 4 is 12.0 Å². The Bertz CT molecular complexity index is 326. The first kappa shape index (κ1) is 13.1. The second-order valence-electron chi connectivity index (χ2n) is 5.15. The van der Waals surface area contributed by atoms with Gasteiger partial charge < -0.3 is 20.4 Å². The van der Waals surface area contributed by atoms with Crippen molar-refractivity contribution in [3.05, 3.63) is 0 Å². The highest BCUT2D eigenvalue weighted by molar-refractivity contribution is 5.77. The minimum atomic E-state index is -0.827. The molecular formula is C12H20N2O4. The lowest BCUT2D eigenvalue weighted by Gasteiger charge is -2.31. The van der Waals surface area contributed by atoms with Gasteiger partial charge >= 0.3 is 12.0 Å². The first-order valence-electron chi connectivity index (χ1n) is 6.54. The summed E-state index contributed by atoms with van der Waals surface area (Å²) in [4.78, 5) is 24.6. The fraction of sp³-hybridized carbons (Fsp3) is 0.833. The van der Waals surface area contributed by atoms with E-state index in [1.807, 2.05) is 0 Å². The summed E-state index contributed by atoms with van der Waals surface area (Å²) in [6.45, 7) is 1.08. The van der Waals surface area contributed by atoms with Gasteiger partial charge in [0.1, 0.15) is 0 Å². The number of piperidine rings is 1. The molecule has 2 rings (SSSR count). The number of hydrogen-bond acceptors (Lipinski definition) is 3. The predicted molar refractivity (Wildman–Crippen MR) is 64.1 cm³/mol. The third kappa shape index (κ3) is 2.93. The van der Waals surface area contributed by atoms with Crippen LogP contribution in [0.4, 0.5) is 4.79 Å². The molecule has 1 saturated carbocycles. The van der Waals surface area contributed by atoms with Crippen LogP contribution in [0, 0.1) is 5.92 Å². The van der Waals surface area contributed by atoms with E-state index in [0.717, 1.165) is 12.8 Å². The highest BCUT2D eigenvalue weighted by Crippen LogP contribution is 2.26. The minimum absolute atomic E-state index is 0.194. The molecule has 2 amide bonds. The maximum absolute atomic E-state index is 12.0. The van der Waals surface area contributed by atoms with Crippen LogP contribution < -0.4 is 5.32 Å². The molecule has 2 unspecified atom stereocenters. The van der Waals surface area contributed by atoms with Crippen LogP contribution >= 0.6 is 0 Å². The number of urea groups is 1. The summed E-state index contributed by atoms with van der Waals surface area (Å²) in [5, 5.41) is 21.2. The van der Waals surface area contributed by atoms with Gasteiger partial charge in [0.2, 0.25) is 0 Å². The monoisotopic (exact) mass is 256 g/mol. The molecule has 0 radical (unpaired) electrons. The van der Waals surface area contributed by atoms with Gasteiger partial charge in [-0.05, 0) is 25.7 Å². The number of likely N-dealkylation sites (tertiary alicyclic amines) is 1. The summed E-state index contributed by atoms with van der Waals surface area (Å²) in [7, 11) is 0. The largest absolute Gasteiger partial charge is 0.481 e. The predicted octanol–water partition coefficient (Wildman–Crippen LogP) is 0.406. The van der Waals surface area contributed by atoms with Crippen LogP contribution in [0.2, 0.25) is 0 Å². The second kappa shape index (κ2) is 5.56. The topological polar surface area (TPSA) is 89.9 Å². The number of aliphatic hydroxyl groups excluding tert-OH is 1. The average molecular weight is 256 g/mol. The third-order valence-electron chi connectivity index (χ3n) is 3.89. The molecular weight excluding hydrogens is 236 g/mol. The Hall–Kier alpha value is -1.30. The highest BCUT2D eigenvalue weighted by Gasteiger charge is 2.35. The number of carbonyl (C=O) groups excluding carboxylic acids is 1. The van der Waals surface area contributed by atoms with Crippen molar-refractivity contribution in [2.45, 2.75) is 44.2 Å². The zero-order valence-corrected chi connectivity index (χ0v) is 10.3. The molecule has 1 saturated heterocycles. The number of carboxylic acids is 1. The van der Waals surface area contributed by atoms with Crippen LogP contribution in [0.15, 0.2) is 0 Å². The normalized spacial score (nSPS) is 29.3. The molecule has 2 atom stereocenters. The molecule has 0 aromatic carbocycles. The Labute approximate surface area is 106 Å². The molecule has 3 N–H and O–H groups in total. The van der Waals surface area contributed by atoms with E-state index in [9.17, 15) is 14.7 Å². The van der Waals surface area contributed by atoms with Gasteiger partial charge in [-0.1, -0.05) is 6.42 Å². The van der Waals surface area contributed by atoms with E-state index in [1.165, 1.54) is 0 Å². The molecule has 1 aliphatic heterocycles. The summed E-state index contributed by atoms with van der Waals surface area (Å²) < 4.78 is 0. The fourth-order valence-corrected chi connectivity index (χ4v) is 2.75. The van der Waals surface area contributed by atoms with Gasteiger partial charge in [0.25, 0.3) is 0 Å². The second-order valence-corrected chi connectivity index (χ2v) is 5.15. The van der Waals surface area contributed by atoms with Gasteiger partial charge in [-0.3, -0.25) is 4.79 Å². The average Bonchev–Trinajstić information content (AvgIpc) is 2.78. The highest BCUT2D eigenvalue weighted by atomic mass is 16.4. The van der Waals surface area contributed by atoms with E-state index >= 15 is 0 Å². The molecule has 6 nitrogen and oxygen atoms in total. The van der Waals surface area contributed by atoms with Gasteiger partial charge in [-0.15, -0.1) is 0 Å². The van der Waals surface area contributed by atoms with Crippen molar-refractivity contribution < 1.29 is 19.8 Å².